The number of likely N-dealkylation sites (tertiary alicyclic amines) is 1. The molecule has 0 spiro atoms. The minimum atomic E-state index is 0.941. The summed E-state index contributed by atoms with van der Waals surface area (Å²) in [5.41, 5.74) is 0.946. The van der Waals surface area contributed by atoms with Crippen LogP contribution in [-0.2, 0) is 6.54 Å². The highest BCUT2D eigenvalue weighted by atomic mass is 15.3. The third-order valence-electron chi connectivity index (χ3n) is 3.34. The SMILES string of the molecule is c1ncc2cnn(CCCN3CCCC3)c2n1. The fourth-order valence-electron chi connectivity index (χ4n) is 2.44. The van der Waals surface area contributed by atoms with Gasteiger partial charge in [0.25, 0.3) is 0 Å². The number of nitrogens with zero attached hydrogens (tertiary/aromatic N) is 5. The van der Waals surface area contributed by atoms with Gasteiger partial charge in [0.1, 0.15) is 6.33 Å². The molecule has 1 saturated heterocycles. The Bertz CT molecular complexity index is 486. The molecule has 0 bridgehead atoms. The first-order chi connectivity index (χ1) is 8.43. The monoisotopic (exact) mass is 231 g/mol. The van der Waals surface area contributed by atoms with Crippen LogP contribution in [0.5, 0.6) is 0 Å². The lowest BCUT2D eigenvalue weighted by molar-refractivity contribution is 0.323. The molecule has 0 atom stereocenters. The van der Waals surface area contributed by atoms with Gasteiger partial charge in [0.2, 0.25) is 0 Å². The van der Waals surface area contributed by atoms with Crippen molar-refractivity contribution in [1.82, 2.24) is 24.6 Å². The van der Waals surface area contributed by atoms with E-state index in [1.165, 1.54) is 32.5 Å². The van der Waals surface area contributed by atoms with Gasteiger partial charge in [-0.1, -0.05) is 0 Å². The predicted molar refractivity (Wildman–Crippen MR) is 65.6 cm³/mol. The summed E-state index contributed by atoms with van der Waals surface area (Å²) < 4.78 is 1.98. The van der Waals surface area contributed by atoms with Crippen LogP contribution in [0.4, 0.5) is 0 Å². The lowest BCUT2D eigenvalue weighted by Crippen LogP contribution is -2.21. The van der Waals surface area contributed by atoms with Crippen LogP contribution in [0.15, 0.2) is 18.7 Å². The first-order valence-electron chi connectivity index (χ1n) is 6.27. The van der Waals surface area contributed by atoms with Gasteiger partial charge in [-0.15, -0.1) is 0 Å². The molecule has 0 amide bonds. The first kappa shape index (κ1) is 10.7. The molecule has 1 aliphatic rings. The number of hydrogen-bond donors (Lipinski definition) is 0. The third-order valence-corrected chi connectivity index (χ3v) is 3.34. The molecule has 90 valence electrons. The Balaban J connectivity index is 1.60. The Morgan fingerprint density at radius 2 is 2.00 bits per heavy atom. The number of hydrogen-bond acceptors (Lipinski definition) is 4. The van der Waals surface area contributed by atoms with Crippen molar-refractivity contribution in [2.45, 2.75) is 25.8 Å². The average Bonchev–Trinajstić information content (AvgIpc) is 2.99. The number of rotatable bonds is 4. The van der Waals surface area contributed by atoms with Crippen LogP contribution in [0.1, 0.15) is 19.3 Å². The second-order valence-electron chi connectivity index (χ2n) is 4.57. The summed E-state index contributed by atoms with van der Waals surface area (Å²) in [6, 6.07) is 0. The summed E-state index contributed by atoms with van der Waals surface area (Å²) in [5.74, 6) is 0. The van der Waals surface area contributed by atoms with Gasteiger partial charge in [-0.2, -0.15) is 5.10 Å². The van der Waals surface area contributed by atoms with Crippen LogP contribution in [0.3, 0.4) is 0 Å². The summed E-state index contributed by atoms with van der Waals surface area (Å²) in [7, 11) is 0. The van der Waals surface area contributed by atoms with E-state index in [1.54, 1.807) is 6.33 Å². The molecule has 1 aliphatic heterocycles. The second-order valence-corrected chi connectivity index (χ2v) is 4.57. The number of aromatic nitrogens is 4. The van der Waals surface area contributed by atoms with Gasteiger partial charge in [0.05, 0.1) is 11.6 Å². The Morgan fingerprint density at radius 1 is 1.12 bits per heavy atom. The lowest BCUT2D eigenvalue weighted by atomic mass is 10.4. The van der Waals surface area contributed by atoms with Crippen LogP contribution < -0.4 is 0 Å². The molecule has 5 heteroatoms. The van der Waals surface area contributed by atoms with E-state index in [4.69, 9.17) is 0 Å². The van der Waals surface area contributed by atoms with Crippen molar-refractivity contribution >= 4 is 11.0 Å². The van der Waals surface area contributed by atoms with E-state index in [9.17, 15) is 0 Å². The smallest absolute Gasteiger partial charge is 0.161 e. The molecule has 3 heterocycles. The Kier molecular flexibility index (Phi) is 3.00. The molecule has 1 fully saturated rings. The summed E-state index contributed by atoms with van der Waals surface area (Å²) in [4.78, 5) is 10.8. The highest BCUT2D eigenvalue weighted by Gasteiger charge is 2.11. The fourth-order valence-corrected chi connectivity index (χ4v) is 2.44. The normalized spacial score (nSPS) is 16.9. The maximum atomic E-state index is 4.36. The van der Waals surface area contributed by atoms with Gasteiger partial charge in [0, 0.05) is 12.7 Å². The summed E-state index contributed by atoms with van der Waals surface area (Å²) in [5, 5.41) is 5.38. The van der Waals surface area contributed by atoms with Crippen LogP contribution in [0, 0.1) is 0 Å². The molecule has 0 aromatic carbocycles. The highest BCUT2D eigenvalue weighted by molar-refractivity contribution is 5.72. The molecule has 0 aliphatic carbocycles. The maximum Gasteiger partial charge on any atom is 0.161 e. The largest absolute Gasteiger partial charge is 0.303 e. The minimum Gasteiger partial charge on any atom is -0.303 e. The van der Waals surface area contributed by atoms with E-state index >= 15 is 0 Å². The van der Waals surface area contributed by atoms with Crippen LogP contribution >= 0.6 is 0 Å². The van der Waals surface area contributed by atoms with Crippen molar-refractivity contribution in [3.05, 3.63) is 18.7 Å². The molecule has 0 N–H and O–H groups in total. The first-order valence-corrected chi connectivity index (χ1v) is 6.27. The Morgan fingerprint density at radius 3 is 2.88 bits per heavy atom. The van der Waals surface area contributed by atoms with E-state index < -0.39 is 0 Å². The van der Waals surface area contributed by atoms with E-state index in [0.717, 1.165) is 24.0 Å². The van der Waals surface area contributed by atoms with E-state index in [-0.39, 0.29) is 0 Å². The molecule has 5 nitrogen and oxygen atoms in total. The van der Waals surface area contributed by atoms with Crippen molar-refractivity contribution in [3.8, 4) is 0 Å². The fraction of sp³-hybridized carbons (Fsp3) is 0.583. The van der Waals surface area contributed by atoms with Gasteiger partial charge in [-0.25, -0.2) is 14.6 Å². The Labute approximate surface area is 100 Å². The molecule has 0 unspecified atom stereocenters. The predicted octanol–water partition coefficient (Wildman–Crippen LogP) is 1.31. The molecule has 17 heavy (non-hydrogen) atoms. The molecule has 2 aromatic rings. The van der Waals surface area contributed by atoms with Crippen LogP contribution in [0.2, 0.25) is 0 Å². The molecular weight excluding hydrogens is 214 g/mol. The summed E-state index contributed by atoms with van der Waals surface area (Å²) in [6.45, 7) is 4.65. The highest BCUT2D eigenvalue weighted by Crippen LogP contribution is 2.10. The van der Waals surface area contributed by atoms with Gasteiger partial charge in [-0.3, -0.25) is 0 Å². The Hall–Kier alpha value is -1.49. The van der Waals surface area contributed by atoms with Crippen LogP contribution in [-0.4, -0.2) is 44.3 Å². The zero-order valence-electron chi connectivity index (χ0n) is 9.92. The lowest BCUT2D eigenvalue weighted by Gasteiger charge is -2.13. The molecule has 3 rings (SSSR count). The minimum absolute atomic E-state index is 0.941. The molecule has 2 aromatic heterocycles. The van der Waals surface area contributed by atoms with Crippen molar-refractivity contribution in [3.63, 3.8) is 0 Å². The maximum absolute atomic E-state index is 4.36. The number of aryl methyl sites for hydroxylation is 1. The summed E-state index contributed by atoms with van der Waals surface area (Å²) >= 11 is 0. The van der Waals surface area contributed by atoms with Gasteiger partial charge in [-0.05, 0) is 38.9 Å². The van der Waals surface area contributed by atoms with Crippen molar-refractivity contribution < 1.29 is 0 Å². The third kappa shape index (κ3) is 2.29. The van der Waals surface area contributed by atoms with Gasteiger partial charge in [0.15, 0.2) is 5.65 Å². The molecule has 0 radical (unpaired) electrons. The van der Waals surface area contributed by atoms with Gasteiger partial charge < -0.3 is 4.90 Å². The zero-order valence-corrected chi connectivity index (χ0v) is 9.92. The van der Waals surface area contributed by atoms with E-state index in [2.05, 4.69) is 20.0 Å². The van der Waals surface area contributed by atoms with Crippen molar-refractivity contribution in [1.29, 1.82) is 0 Å². The second kappa shape index (κ2) is 4.79. The van der Waals surface area contributed by atoms with Crippen LogP contribution in [0.25, 0.3) is 11.0 Å². The van der Waals surface area contributed by atoms with Crippen molar-refractivity contribution in [2.75, 3.05) is 19.6 Å². The molecule has 0 saturated carbocycles. The summed E-state index contributed by atoms with van der Waals surface area (Å²) in [6.07, 6.45) is 9.09. The van der Waals surface area contributed by atoms with Gasteiger partial charge >= 0.3 is 0 Å². The van der Waals surface area contributed by atoms with E-state index in [1.807, 2.05) is 17.1 Å². The molecular formula is C12H17N5. The topological polar surface area (TPSA) is 46.8 Å². The quantitative estimate of drug-likeness (QED) is 0.796. The zero-order chi connectivity index (χ0) is 11.5. The number of fused-ring (bicyclic) bond motifs is 1. The standard InChI is InChI=1S/C12H17N5/c1-2-5-16(4-1)6-3-7-17-12-11(9-15-17)8-13-10-14-12/h8-10H,1-7H2. The van der Waals surface area contributed by atoms with Crippen molar-refractivity contribution in [2.24, 2.45) is 0 Å². The van der Waals surface area contributed by atoms with E-state index in [0.29, 0.717) is 0 Å². The average molecular weight is 231 g/mol.